The third-order valence-electron chi connectivity index (χ3n) is 3.67. The van der Waals surface area contributed by atoms with E-state index in [1.165, 1.54) is 4.57 Å². The maximum Gasteiger partial charge on any atom is 0.258 e. The second kappa shape index (κ2) is 7.88. The molecule has 1 amide bonds. The molecule has 3 rings (SSSR count). The number of fused-ring (bicyclic) bond motifs is 1. The molecule has 0 bridgehead atoms. The Balaban J connectivity index is 1.75. The molecule has 0 fully saturated rings. The van der Waals surface area contributed by atoms with E-state index < -0.39 is 5.56 Å². The minimum Gasteiger partial charge on any atom is -0.493 e. The molecule has 0 aliphatic heterocycles. The lowest BCUT2D eigenvalue weighted by Gasteiger charge is -2.11. The fourth-order valence-electron chi connectivity index (χ4n) is 2.53. The number of rotatable bonds is 6. The average molecular weight is 367 g/mol. The number of carbonyl (C=O) groups excluding carboxylic acids is 1. The Kier molecular flexibility index (Phi) is 5.38. The first-order chi connectivity index (χ1) is 12.6. The van der Waals surface area contributed by atoms with Crippen molar-refractivity contribution in [3.05, 3.63) is 71.5 Å². The van der Waals surface area contributed by atoms with Crippen LogP contribution in [-0.4, -0.2) is 26.3 Å². The lowest BCUT2D eigenvalue weighted by atomic mass is 10.1. The summed E-state index contributed by atoms with van der Waals surface area (Å²) in [6.07, 6.45) is 1.56. The van der Waals surface area contributed by atoms with Crippen LogP contribution < -0.4 is 10.9 Å². The highest BCUT2D eigenvalue weighted by Crippen LogP contribution is 2.23. The summed E-state index contributed by atoms with van der Waals surface area (Å²) in [4.78, 5) is 28.2. The molecule has 132 valence electrons. The van der Waals surface area contributed by atoms with E-state index in [2.05, 4.69) is 16.9 Å². The number of hydrogen-bond donors (Lipinski definition) is 2. The molecule has 0 aliphatic carbocycles. The van der Waals surface area contributed by atoms with Crippen molar-refractivity contribution in [1.29, 1.82) is 0 Å². The molecule has 1 heterocycles. The van der Waals surface area contributed by atoms with E-state index in [0.717, 1.165) is 34.3 Å². The van der Waals surface area contributed by atoms with Crippen molar-refractivity contribution in [2.45, 2.75) is 11.7 Å². The van der Waals surface area contributed by atoms with Crippen LogP contribution in [0.25, 0.3) is 10.8 Å². The zero-order valence-electron chi connectivity index (χ0n) is 13.9. The third kappa shape index (κ3) is 3.94. The van der Waals surface area contributed by atoms with Gasteiger partial charge in [-0.2, -0.15) is 4.98 Å². The van der Waals surface area contributed by atoms with Gasteiger partial charge in [-0.25, -0.2) is 0 Å². The molecule has 2 aromatic carbocycles. The molecule has 2 N–H and O–H groups in total. The van der Waals surface area contributed by atoms with Crippen LogP contribution in [0.1, 0.15) is 0 Å². The van der Waals surface area contributed by atoms with Crippen molar-refractivity contribution in [3.8, 4) is 5.88 Å². The van der Waals surface area contributed by atoms with E-state index in [1.807, 2.05) is 42.5 Å². The Hall–Kier alpha value is -3.06. The molecule has 26 heavy (non-hydrogen) atoms. The zero-order chi connectivity index (χ0) is 18.5. The standard InChI is InChI=1S/C19H17N3O3S/c1-2-10-22-18(25)11-16(23)21-19(22)26-12-17(24)20-15-9-5-7-13-6-3-4-8-14(13)15/h2-9,11,23H,1,10,12H2,(H,20,24). The van der Waals surface area contributed by atoms with Crippen molar-refractivity contribution in [3.63, 3.8) is 0 Å². The lowest BCUT2D eigenvalue weighted by molar-refractivity contribution is -0.113. The van der Waals surface area contributed by atoms with E-state index in [0.29, 0.717) is 0 Å². The molecule has 0 saturated heterocycles. The van der Waals surface area contributed by atoms with Crippen molar-refractivity contribution < 1.29 is 9.90 Å². The number of aromatic nitrogens is 2. The molecule has 7 heteroatoms. The van der Waals surface area contributed by atoms with Gasteiger partial charge in [0, 0.05) is 17.6 Å². The molecule has 1 aromatic heterocycles. The van der Waals surface area contributed by atoms with Crippen molar-refractivity contribution in [2.24, 2.45) is 0 Å². The number of amides is 1. The van der Waals surface area contributed by atoms with Crippen LogP contribution in [0, 0.1) is 0 Å². The number of thioether (sulfide) groups is 1. The van der Waals surface area contributed by atoms with Gasteiger partial charge >= 0.3 is 0 Å². The molecule has 6 nitrogen and oxygen atoms in total. The topological polar surface area (TPSA) is 84.2 Å². The van der Waals surface area contributed by atoms with Crippen LogP contribution in [0.5, 0.6) is 5.88 Å². The SMILES string of the molecule is C=CCn1c(SCC(=O)Nc2cccc3ccccc23)nc(O)cc1=O. The first-order valence-corrected chi connectivity index (χ1v) is 8.89. The second-order valence-electron chi connectivity index (χ2n) is 5.50. The highest BCUT2D eigenvalue weighted by Gasteiger charge is 2.12. The number of benzene rings is 2. The first-order valence-electron chi connectivity index (χ1n) is 7.90. The Labute approximate surface area is 154 Å². The van der Waals surface area contributed by atoms with Crippen LogP contribution in [0.15, 0.2) is 71.1 Å². The smallest absolute Gasteiger partial charge is 0.258 e. The van der Waals surface area contributed by atoms with Crippen LogP contribution in [0.2, 0.25) is 0 Å². The number of hydrogen-bond acceptors (Lipinski definition) is 5. The summed E-state index contributed by atoms with van der Waals surface area (Å²) in [6, 6.07) is 14.5. The van der Waals surface area contributed by atoms with Crippen molar-refractivity contribution in [2.75, 3.05) is 11.1 Å². The molecule has 0 radical (unpaired) electrons. The number of allylic oxidation sites excluding steroid dienone is 1. The predicted molar refractivity (Wildman–Crippen MR) is 104 cm³/mol. The lowest BCUT2D eigenvalue weighted by Crippen LogP contribution is -2.22. The Morgan fingerprint density at radius 1 is 1.27 bits per heavy atom. The van der Waals surface area contributed by atoms with E-state index in [9.17, 15) is 14.7 Å². The number of nitrogens with zero attached hydrogens (tertiary/aromatic N) is 2. The fraction of sp³-hybridized carbons (Fsp3) is 0.105. The van der Waals surface area contributed by atoms with Gasteiger partial charge in [-0.1, -0.05) is 54.2 Å². The molecule has 0 spiro atoms. The summed E-state index contributed by atoms with van der Waals surface area (Å²) in [6.45, 7) is 3.85. The molecule has 0 unspecified atom stereocenters. The van der Waals surface area contributed by atoms with Gasteiger partial charge in [0.1, 0.15) is 0 Å². The van der Waals surface area contributed by atoms with Gasteiger partial charge in [0.25, 0.3) is 5.56 Å². The van der Waals surface area contributed by atoms with E-state index in [1.54, 1.807) is 6.08 Å². The quantitative estimate of drug-likeness (QED) is 0.397. The number of anilines is 1. The van der Waals surface area contributed by atoms with Gasteiger partial charge < -0.3 is 10.4 Å². The van der Waals surface area contributed by atoms with Gasteiger partial charge in [0.2, 0.25) is 11.8 Å². The predicted octanol–water partition coefficient (Wildman–Crippen LogP) is 3.02. The third-order valence-corrected chi connectivity index (χ3v) is 4.64. The largest absolute Gasteiger partial charge is 0.493 e. The summed E-state index contributed by atoms with van der Waals surface area (Å²) in [5.41, 5.74) is 0.329. The van der Waals surface area contributed by atoms with Crippen LogP contribution in [-0.2, 0) is 11.3 Å². The molecular formula is C19H17N3O3S. The number of aromatic hydroxyl groups is 1. The zero-order valence-corrected chi connectivity index (χ0v) is 14.7. The Bertz CT molecular complexity index is 1020. The second-order valence-corrected chi connectivity index (χ2v) is 6.44. The van der Waals surface area contributed by atoms with Gasteiger partial charge in [-0.15, -0.1) is 6.58 Å². The number of nitrogens with one attached hydrogen (secondary N) is 1. The van der Waals surface area contributed by atoms with Gasteiger partial charge in [0.05, 0.1) is 11.8 Å². The van der Waals surface area contributed by atoms with Crippen LogP contribution >= 0.6 is 11.8 Å². The average Bonchev–Trinajstić information content (AvgIpc) is 2.63. The number of carbonyl (C=O) groups is 1. The van der Waals surface area contributed by atoms with Crippen LogP contribution in [0.4, 0.5) is 5.69 Å². The van der Waals surface area contributed by atoms with E-state index >= 15 is 0 Å². The minimum absolute atomic E-state index is 0.0518. The van der Waals surface area contributed by atoms with Crippen molar-refractivity contribution >= 4 is 34.1 Å². The van der Waals surface area contributed by atoms with Gasteiger partial charge in [-0.3, -0.25) is 14.2 Å². The van der Waals surface area contributed by atoms with Crippen molar-refractivity contribution in [1.82, 2.24) is 9.55 Å². The van der Waals surface area contributed by atoms with E-state index in [4.69, 9.17) is 0 Å². The fourth-order valence-corrected chi connectivity index (χ4v) is 3.34. The minimum atomic E-state index is -0.394. The summed E-state index contributed by atoms with van der Waals surface area (Å²) in [7, 11) is 0. The normalized spacial score (nSPS) is 10.6. The molecule has 0 atom stereocenters. The Morgan fingerprint density at radius 3 is 2.85 bits per heavy atom. The maximum absolute atomic E-state index is 12.3. The summed E-state index contributed by atoms with van der Waals surface area (Å²) >= 11 is 1.08. The monoisotopic (exact) mass is 367 g/mol. The van der Waals surface area contributed by atoms with E-state index in [-0.39, 0.29) is 29.2 Å². The Morgan fingerprint density at radius 2 is 2.04 bits per heavy atom. The van der Waals surface area contributed by atoms with Gasteiger partial charge in [0.15, 0.2) is 5.16 Å². The van der Waals surface area contributed by atoms with Gasteiger partial charge in [-0.05, 0) is 11.5 Å². The first kappa shape index (κ1) is 17.8. The molecule has 0 aliphatic rings. The molecular weight excluding hydrogens is 350 g/mol. The maximum atomic E-state index is 12.3. The highest BCUT2D eigenvalue weighted by molar-refractivity contribution is 7.99. The molecule has 3 aromatic rings. The highest BCUT2D eigenvalue weighted by atomic mass is 32.2. The summed E-state index contributed by atoms with van der Waals surface area (Å²) in [5.74, 6) is -0.544. The summed E-state index contributed by atoms with van der Waals surface area (Å²) < 4.78 is 1.35. The summed E-state index contributed by atoms with van der Waals surface area (Å²) in [5, 5.41) is 14.7. The van der Waals surface area contributed by atoms with Crippen LogP contribution in [0.3, 0.4) is 0 Å². The molecule has 0 saturated carbocycles.